The molecule has 0 saturated carbocycles. The zero-order chi connectivity index (χ0) is 16.4. The number of anilines is 1. The zero-order valence-corrected chi connectivity index (χ0v) is 12.1. The van der Waals surface area contributed by atoms with Crippen LogP contribution in [0.25, 0.3) is 0 Å². The molecule has 0 amide bonds. The quantitative estimate of drug-likeness (QED) is 0.633. The third kappa shape index (κ3) is 3.09. The Morgan fingerprint density at radius 1 is 1.04 bits per heavy atom. The molecule has 1 aliphatic rings. The van der Waals surface area contributed by atoms with E-state index in [1.54, 1.807) is 24.3 Å². The Kier molecular flexibility index (Phi) is 4.36. The molecule has 1 aromatic heterocycles. The van der Waals surface area contributed by atoms with E-state index in [2.05, 4.69) is 4.98 Å². The molecule has 2 aromatic rings. The Morgan fingerprint density at radius 3 is 2.35 bits per heavy atom. The molecule has 1 unspecified atom stereocenters. The van der Waals surface area contributed by atoms with E-state index in [0.717, 1.165) is 0 Å². The van der Waals surface area contributed by atoms with E-state index in [9.17, 15) is 17.6 Å². The van der Waals surface area contributed by atoms with Gasteiger partial charge in [-0.15, -0.1) is 0 Å². The summed E-state index contributed by atoms with van der Waals surface area (Å²) in [5.41, 5.74) is -0.714. The Hall–Kier alpha value is -2.31. The fourth-order valence-electron chi connectivity index (χ4n) is 2.74. The number of hydrogen-bond donors (Lipinski definition) is 0. The second-order valence-electron chi connectivity index (χ2n) is 5.28. The number of rotatable bonds is 4. The highest BCUT2D eigenvalue weighted by molar-refractivity contribution is 5.50. The van der Waals surface area contributed by atoms with Gasteiger partial charge in [-0.05, 0) is 25.0 Å². The summed E-state index contributed by atoms with van der Waals surface area (Å²) >= 11 is 0. The van der Waals surface area contributed by atoms with Crippen molar-refractivity contribution in [3.8, 4) is 5.75 Å². The third-order valence-corrected chi connectivity index (χ3v) is 3.82. The number of hydrogen-bond acceptors (Lipinski definition) is 3. The van der Waals surface area contributed by atoms with Crippen molar-refractivity contribution in [2.45, 2.75) is 18.9 Å². The number of aromatic nitrogens is 1. The first kappa shape index (κ1) is 15.6. The highest BCUT2D eigenvalue weighted by Crippen LogP contribution is 2.32. The van der Waals surface area contributed by atoms with Gasteiger partial charge in [-0.25, -0.2) is 0 Å². The van der Waals surface area contributed by atoms with E-state index in [-0.39, 0.29) is 12.6 Å². The molecule has 0 spiro atoms. The monoisotopic (exact) mass is 326 g/mol. The van der Waals surface area contributed by atoms with E-state index in [1.165, 1.54) is 4.90 Å². The van der Waals surface area contributed by atoms with Crippen LogP contribution >= 0.6 is 0 Å². The van der Waals surface area contributed by atoms with Crippen LogP contribution in [0.3, 0.4) is 0 Å². The molecule has 3 rings (SSSR count). The molecule has 2 heterocycles. The summed E-state index contributed by atoms with van der Waals surface area (Å²) in [6, 6.07) is 8.57. The van der Waals surface area contributed by atoms with Gasteiger partial charge in [0.1, 0.15) is 18.0 Å². The predicted molar refractivity (Wildman–Crippen MR) is 76.4 cm³/mol. The van der Waals surface area contributed by atoms with Gasteiger partial charge in [-0.2, -0.15) is 22.5 Å². The molecule has 0 N–H and O–H groups in total. The fourth-order valence-corrected chi connectivity index (χ4v) is 2.74. The standard InChI is InChI=1S/C16H14F4N2O/c17-12-14(13(18)16(20)21-15(12)19)22-8-4-5-10(22)9-23-11-6-2-1-3-7-11/h1-3,6-7,10H,4-5,8-9H2. The lowest BCUT2D eigenvalue weighted by Crippen LogP contribution is -2.36. The highest BCUT2D eigenvalue weighted by Gasteiger charge is 2.33. The van der Waals surface area contributed by atoms with Gasteiger partial charge in [-0.3, -0.25) is 0 Å². The molecule has 7 heteroatoms. The van der Waals surface area contributed by atoms with Crippen molar-refractivity contribution in [1.82, 2.24) is 4.98 Å². The molecule has 122 valence electrons. The number of para-hydroxylation sites is 1. The van der Waals surface area contributed by atoms with Crippen LogP contribution in [0.5, 0.6) is 5.75 Å². The lowest BCUT2D eigenvalue weighted by molar-refractivity contribution is 0.286. The second-order valence-corrected chi connectivity index (χ2v) is 5.28. The predicted octanol–water partition coefficient (Wildman–Crippen LogP) is 3.69. The fraction of sp³-hybridized carbons (Fsp3) is 0.312. The SMILES string of the molecule is Fc1nc(F)c(F)c(N2CCCC2COc2ccccc2)c1F. The van der Waals surface area contributed by atoms with Crippen LogP contribution in [0.1, 0.15) is 12.8 Å². The Morgan fingerprint density at radius 2 is 1.70 bits per heavy atom. The molecule has 1 atom stereocenters. The van der Waals surface area contributed by atoms with E-state index in [1.807, 2.05) is 6.07 Å². The summed E-state index contributed by atoms with van der Waals surface area (Å²) in [6.45, 7) is 0.452. The van der Waals surface area contributed by atoms with Gasteiger partial charge in [0.2, 0.25) is 11.6 Å². The van der Waals surface area contributed by atoms with Gasteiger partial charge in [0.15, 0.2) is 0 Å². The normalized spacial score (nSPS) is 17.6. The lowest BCUT2D eigenvalue weighted by atomic mass is 10.2. The number of halogens is 4. The Labute approximate surface area is 130 Å². The van der Waals surface area contributed by atoms with Crippen LogP contribution < -0.4 is 9.64 Å². The lowest BCUT2D eigenvalue weighted by Gasteiger charge is -2.27. The van der Waals surface area contributed by atoms with Crippen LogP contribution in [0.15, 0.2) is 30.3 Å². The van der Waals surface area contributed by atoms with Crippen molar-refractivity contribution in [3.63, 3.8) is 0 Å². The third-order valence-electron chi connectivity index (χ3n) is 3.82. The summed E-state index contributed by atoms with van der Waals surface area (Å²) in [6.07, 6.45) is 1.25. The molecule has 23 heavy (non-hydrogen) atoms. The highest BCUT2D eigenvalue weighted by atomic mass is 19.2. The van der Waals surface area contributed by atoms with Gasteiger partial charge >= 0.3 is 0 Å². The number of benzene rings is 1. The molecule has 0 aliphatic carbocycles. The van der Waals surface area contributed by atoms with Gasteiger partial charge < -0.3 is 9.64 Å². The van der Waals surface area contributed by atoms with Gasteiger partial charge in [0.25, 0.3) is 11.9 Å². The largest absolute Gasteiger partial charge is 0.491 e. The minimum absolute atomic E-state index is 0.161. The Bertz CT molecular complexity index is 670. The van der Waals surface area contributed by atoms with Crippen LogP contribution in [0.2, 0.25) is 0 Å². The molecule has 1 fully saturated rings. The molecule has 0 bridgehead atoms. The van der Waals surface area contributed by atoms with Crippen molar-refractivity contribution < 1.29 is 22.3 Å². The van der Waals surface area contributed by atoms with E-state index < -0.39 is 29.2 Å². The summed E-state index contributed by atoms with van der Waals surface area (Å²) in [5.74, 6) is -5.62. The summed E-state index contributed by atoms with van der Waals surface area (Å²) in [4.78, 5) is 3.89. The second kappa shape index (κ2) is 6.44. The van der Waals surface area contributed by atoms with Crippen molar-refractivity contribution >= 4 is 5.69 Å². The van der Waals surface area contributed by atoms with Gasteiger partial charge in [0.05, 0.1) is 6.04 Å². The van der Waals surface area contributed by atoms with Crippen molar-refractivity contribution in [2.75, 3.05) is 18.1 Å². The maximum atomic E-state index is 13.9. The minimum Gasteiger partial charge on any atom is -0.491 e. The first-order valence-electron chi connectivity index (χ1n) is 7.22. The van der Waals surface area contributed by atoms with Crippen molar-refractivity contribution in [1.29, 1.82) is 0 Å². The molecule has 1 saturated heterocycles. The average Bonchev–Trinajstić information content (AvgIpc) is 3.01. The van der Waals surface area contributed by atoms with Crippen LogP contribution in [-0.2, 0) is 0 Å². The maximum Gasteiger partial charge on any atom is 0.253 e. The van der Waals surface area contributed by atoms with E-state index in [4.69, 9.17) is 4.74 Å². The average molecular weight is 326 g/mol. The molecule has 1 aliphatic heterocycles. The van der Waals surface area contributed by atoms with Gasteiger partial charge in [0, 0.05) is 6.54 Å². The number of pyridine rings is 1. The molecule has 3 nitrogen and oxygen atoms in total. The van der Waals surface area contributed by atoms with Crippen molar-refractivity contribution in [3.05, 3.63) is 53.9 Å². The molecule has 0 radical (unpaired) electrons. The summed E-state index contributed by atoms with van der Waals surface area (Å²) < 4.78 is 60.0. The minimum atomic E-state index is -1.64. The Balaban J connectivity index is 1.82. The zero-order valence-electron chi connectivity index (χ0n) is 12.1. The maximum absolute atomic E-state index is 13.9. The molecular weight excluding hydrogens is 312 g/mol. The molecular formula is C16H14F4N2O. The number of ether oxygens (including phenoxy) is 1. The van der Waals surface area contributed by atoms with Crippen LogP contribution in [0, 0.1) is 23.5 Å². The van der Waals surface area contributed by atoms with Crippen LogP contribution in [-0.4, -0.2) is 24.2 Å². The first-order valence-corrected chi connectivity index (χ1v) is 7.22. The topological polar surface area (TPSA) is 25.4 Å². The smallest absolute Gasteiger partial charge is 0.253 e. The van der Waals surface area contributed by atoms with E-state index >= 15 is 0 Å². The molecule has 1 aromatic carbocycles. The summed E-state index contributed by atoms with van der Waals surface area (Å²) in [7, 11) is 0. The number of nitrogens with zero attached hydrogens (tertiary/aromatic N) is 2. The van der Waals surface area contributed by atoms with Crippen LogP contribution in [0.4, 0.5) is 23.2 Å². The van der Waals surface area contributed by atoms with E-state index in [0.29, 0.717) is 25.1 Å². The van der Waals surface area contributed by atoms with Gasteiger partial charge in [-0.1, -0.05) is 18.2 Å². The summed E-state index contributed by atoms with van der Waals surface area (Å²) in [5, 5.41) is 0. The van der Waals surface area contributed by atoms with Crippen molar-refractivity contribution in [2.24, 2.45) is 0 Å². The first-order chi connectivity index (χ1) is 11.1.